The second-order valence-corrected chi connectivity index (χ2v) is 11.5. The lowest BCUT2D eigenvalue weighted by Gasteiger charge is -2.21. The zero-order valence-corrected chi connectivity index (χ0v) is 21.6. The molecule has 1 fully saturated rings. The van der Waals surface area contributed by atoms with Crippen LogP contribution >= 0.6 is 11.3 Å². The second-order valence-electron chi connectivity index (χ2n) is 8.54. The van der Waals surface area contributed by atoms with Gasteiger partial charge in [-0.25, -0.2) is 13.4 Å². The summed E-state index contributed by atoms with van der Waals surface area (Å²) in [5.74, 6) is 0.432. The third-order valence-corrected chi connectivity index (χ3v) is 9.09. The summed E-state index contributed by atoms with van der Waals surface area (Å²) < 4.78 is 34.0. The van der Waals surface area contributed by atoms with Crippen LogP contribution in [-0.2, 0) is 16.6 Å². The highest BCUT2D eigenvalue weighted by atomic mass is 32.2. The van der Waals surface area contributed by atoms with Crippen molar-refractivity contribution in [2.24, 2.45) is 0 Å². The van der Waals surface area contributed by atoms with Crippen LogP contribution in [0.25, 0.3) is 10.2 Å². The number of anilines is 1. The maximum Gasteiger partial charge on any atom is 0.260 e. The van der Waals surface area contributed by atoms with Crippen LogP contribution in [0.4, 0.5) is 5.13 Å². The van der Waals surface area contributed by atoms with Gasteiger partial charge in [0.05, 0.1) is 22.7 Å². The van der Waals surface area contributed by atoms with Crippen molar-refractivity contribution in [3.8, 4) is 5.75 Å². The summed E-state index contributed by atoms with van der Waals surface area (Å²) in [6.07, 6.45) is 1.74. The van der Waals surface area contributed by atoms with E-state index in [1.54, 1.807) is 17.0 Å². The monoisotopic (exact) mass is 521 g/mol. The van der Waals surface area contributed by atoms with Crippen molar-refractivity contribution in [2.75, 3.05) is 24.6 Å². The Morgan fingerprint density at radius 2 is 1.72 bits per heavy atom. The van der Waals surface area contributed by atoms with Crippen molar-refractivity contribution in [1.82, 2.24) is 9.29 Å². The minimum absolute atomic E-state index is 0.205. The van der Waals surface area contributed by atoms with E-state index >= 15 is 0 Å². The van der Waals surface area contributed by atoms with E-state index in [4.69, 9.17) is 9.72 Å². The van der Waals surface area contributed by atoms with Gasteiger partial charge in [0.25, 0.3) is 5.91 Å². The minimum atomic E-state index is -3.55. The molecule has 5 rings (SSSR count). The Balaban J connectivity index is 1.49. The van der Waals surface area contributed by atoms with Crippen molar-refractivity contribution in [2.45, 2.75) is 31.2 Å². The molecule has 9 heteroatoms. The van der Waals surface area contributed by atoms with E-state index in [0.717, 1.165) is 28.6 Å². The number of amides is 1. The molecule has 7 nitrogen and oxygen atoms in total. The molecular weight excluding hydrogens is 494 g/mol. The lowest BCUT2D eigenvalue weighted by atomic mass is 10.1. The number of ether oxygens (including phenoxy) is 1. The number of aromatic nitrogens is 1. The number of thiazole rings is 1. The van der Waals surface area contributed by atoms with Crippen LogP contribution in [0, 0.1) is 0 Å². The zero-order valence-electron chi connectivity index (χ0n) is 20.0. The van der Waals surface area contributed by atoms with Crippen molar-refractivity contribution in [1.29, 1.82) is 0 Å². The largest absolute Gasteiger partial charge is 0.492 e. The van der Waals surface area contributed by atoms with Crippen LogP contribution < -0.4 is 9.64 Å². The lowest BCUT2D eigenvalue weighted by molar-refractivity contribution is 0.0985. The SMILES string of the molecule is CCOc1cccc2sc(N(Cc3ccccc3)C(=O)c3ccc(S(=O)(=O)N4CCCC4)cc3)nc12. The quantitative estimate of drug-likeness (QED) is 0.313. The van der Waals surface area contributed by atoms with E-state index in [9.17, 15) is 13.2 Å². The van der Waals surface area contributed by atoms with Gasteiger partial charge in [0.2, 0.25) is 10.0 Å². The molecule has 0 spiro atoms. The molecule has 1 amide bonds. The van der Waals surface area contributed by atoms with Crippen LogP contribution in [-0.4, -0.2) is 43.3 Å². The van der Waals surface area contributed by atoms with E-state index in [-0.39, 0.29) is 10.8 Å². The Kier molecular flexibility index (Phi) is 7.04. The van der Waals surface area contributed by atoms with Gasteiger partial charge in [-0.15, -0.1) is 0 Å². The Bertz CT molecular complexity index is 1460. The van der Waals surface area contributed by atoms with Gasteiger partial charge in [0, 0.05) is 18.7 Å². The van der Waals surface area contributed by atoms with Crippen LogP contribution in [0.2, 0.25) is 0 Å². The molecule has 1 aromatic heterocycles. The van der Waals surface area contributed by atoms with Crippen molar-refractivity contribution in [3.63, 3.8) is 0 Å². The molecule has 0 aliphatic carbocycles. The summed E-state index contributed by atoms with van der Waals surface area (Å²) in [7, 11) is -3.55. The first-order chi connectivity index (χ1) is 17.5. The highest BCUT2D eigenvalue weighted by Gasteiger charge is 2.28. The predicted octanol–water partition coefficient (Wildman–Crippen LogP) is 5.33. The number of sulfonamides is 1. The summed E-state index contributed by atoms with van der Waals surface area (Å²) in [6, 6.07) is 21.7. The van der Waals surface area contributed by atoms with E-state index in [0.29, 0.717) is 42.7 Å². The fraction of sp³-hybridized carbons (Fsp3) is 0.259. The summed E-state index contributed by atoms with van der Waals surface area (Å²) in [5, 5.41) is 0.555. The van der Waals surface area contributed by atoms with Gasteiger partial charge in [-0.1, -0.05) is 47.7 Å². The van der Waals surface area contributed by atoms with Gasteiger partial charge in [-0.2, -0.15) is 4.31 Å². The van der Waals surface area contributed by atoms with Crippen LogP contribution in [0.15, 0.2) is 77.7 Å². The Hall–Kier alpha value is -3.27. The fourth-order valence-electron chi connectivity index (χ4n) is 4.29. The van der Waals surface area contributed by atoms with E-state index in [1.807, 2.05) is 55.5 Å². The molecule has 0 N–H and O–H groups in total. The summed E-state index contributed by atoms with van der Waals surface area (Å²) >= 11 is 1.42. The highest BCUT2D eigenvalue weighted by molar-refractivity contribution is 7.89. The summed E-state index contributed by atoms with van der Waals surface area (Å²) in [6.45, 7) is 3.85. The number of nitrogens with zero attached hydrogens (tertiary/aromatic N) is 3. The molecule has 0 unspecified atom stereocenters. The average Bonchev–Trinajstić information content (AvgIpc) is 3.59. The third kappa shape index (κ3) is 4.86. The van der Waals surface area contributed by atoms with Gasteiger partial charge >= 0.3 is 0 Å². The second kappa shape index (κ2) is 10.4. The number of carbonyl (C=O) groups excluding carboxylic acids is 1. The zero-order chi connectivity index (χ0) is 25.1. The van der Waals surface area contributed by atoms with Gasteiger partial charge in [0.1, 0.15) is 11.3 Å². The Labute approximate surface area is 215 Å². The first kappa shape index (κ1) is 24.4. The van der Waals surface area contributed by atoms with Gasteiger partial charge in [-0.05, 0) is 61.7 Å². The predicted molar refractivity (Wildman–Crippen MR) is 142 cm³/mol. The molecule has 0 radical (unpaired) electrons. The van der Waals surface area contributed by atoms with Gasteiger partial charge in [0.15, 0.2) is 5.13 Å². The molecule has 4 aromatic rings. The molecule has 36 heavy (non-hydrogen) atoms. The maximum atomic E-state index is 13.8. The van der Waals surface area contributed by atoms with Crippen LogP contribution in [0.3, 0.4) is 0 Å². The molecule has 1 aliphatic heterocycles. The Morgan fingerprint density at radius 3 is 2.42 bits per heavy atom. The lowest BCUT2D eigenvalue weighted by Crippen LogP contribution is -2.30. The molecule has 2 heterocycles. The normalized spacial score (nSPS) is 14.2. The molecule has 0 atom stereocenters. The molecule has 186 valence electrons. The molecule has 1 saturated heterocycles. The van der Waals surface area contributed by atoms with E-state index in [1.165, 1.54) is 27.8 Å². The van der Waals surface area contributed by atoms with Crippen LogP contribution in [0.5, 0.6) is 5.75 Å². The Morgan fingerprint density at radius 1 is 1.00 bits per heavy atom. The van der Waals surface area contributed by atoms with E-state index in [2.05, 4.69) is 0 Å². The van der Waals surface area contributed by atoms with Crippen molar-refractivity contribution >= 4 is 42.6 Å². The number of fused-ring (bicyclic) bond motifs is 1. The highest BCUT2D eigenvalue weighted by Crippen LogP contribution is 2.35. The van der Waals surface area contributed by atoms with E-state index < -0.39 is 10.0 Å². The number of rotatable bonds is 8. The number of hydrogen-bond acceptors (Lipinski definition) is 6. The fourth-order valence-corrected chi connectivity index (χ4v) is 6.79. The average molecular weight is 522 g/mol. The van der Waals surface area contributed by atoms with Crippen molar-refractivity contribution in [3.05, 3.63) is 83.9 Å². The number of para-hydroxylation sites is 1. The minimum Gasteiger partial charge on any atom is -0.492 e. The number of hydrogen-bond donors (Lipinski definition) is 0. The summed E-state index contributed by atoms with van der Waals surface area (Å²) in [5.41, 5.74) is 2.08. The van der Waals surface area contributed by atoms with Gasteiger partial charge in [-0.3, -0.25) is 9.69 Å². The molecular formula is C27H27N3O4S2. The topological polar surface area (TPSA) is 79.8 Å². The van der Waals surface area contributed by atoms with Crippen LogP contribution in [0.1, 0.15) is 35.7 Å². The third-order valence-electron chi connectivity index (χ3n) is 6.13. The number of benzene rings is 3. The molecule has 0 saturated carbocycles. The van der Waals surface area contributed by atoms with Crippen molar-refractivity contribution < 1.29 is 17.9 Å². The first-order valence-electron chi connectivity index (χ1n) is 12.0. The standard InChI is InChI=1S/C27H27N3O4S2/c1-2-34-23-11-8-12-24-25(23)28-27(35-24)30(19-20-9-4-3-5-10-20)26(31)21-13-15-22(16-14-21)36(32,33)29-17-6-7-18-29/h3-5,8-16H,2,6-7,17-19H2,1H3. The summed E-state index contributed by atoms with van der Waals surface area (Å²) in [4.78, 5) is 20.4. The smallest absolute Gasteiger partial charge is 0.260 e. The molecule has 3 aromatic carbocycles. The van der Waals surface area contributed by atoms with Gasteiger partial charge < -0.3 is 4.74 Å². The number of carbonyl (C=O) groups is 1. The first-order valence-corrected chi connectivity index (χ1v) is 14.2. The molecule has 1 aliphatic rings. The molecule has 0 bridgehead atoms. The maximum absolute atomic E-state index is 13.8.